The number of hydrogen-bond donors (Lipinski definition) is 2. The number of para-hydroxylation sites is 2. The van der Waals surface area contributed by atoms with Crippen LogP contribution in [0.2, 0.25) is 0 Å². The number of anilines is 1. The molecule has 0 saturated carbocycles. The van der Waals surface area contributed by atoms with E-state index in [1.165, 1.54) is 0 Å². The Bertz CT molecular complexity index is 1220. The Morgan fingerprint density at radius 2 is 1.83 bits per heavy atom. The van der Waals surface area contributed by atoms with Crippen LogP contribution in [0, 0.1) is 6.92 Å². The Labute approximate surface area is 172 Å². The van der Waals surface area contributed by atoms with Gasteiger partial charge in [-0.25, -0.2) is 4.98 Å². The third-order valence-electron chi connectivity index (χ3n) is 5.46. The molecule has 1 atom stereocenters. The fourth-order valence-electron chi connectivity index (χ4n) is 4.06. The second-order valence-electron chi connectivity index (χ2n) is 7.29. The van der Waals surface area contributed by atoms with Crippen LogP contribution >= 0.6 is 0 Å². The predicted molar refractivity (Wildman–Crippen MR) is 113 cm³/mol. The van der Waals surface area contributed by atoms with Gasteiger partial charge in [0.25, 0.3) is 0 Å². The molecule has 0 saturated heterocycles. The molecule has 0 radical (unpaired) electrons. The number of benzene rings is 2. The smallest absolute Gasteiger partial charge is 0.231 e. The Morgan fingerprint density at radius 3 is 2.53 bits per heavy atom. The van der Waals surface area contributed by atoms with Gasteiger partial charge in [-0.05, 0) is 36.8 Å². The number of rotatable bonds is 4. The first-order valence-electron chi connectivity index (χ1n) is 9.65. The van der Waals surface area contributed by atoms with E-state index in [4.69, 9.17) is 14.6 Å². The molecule has 0 spiro atoms. The highest BCUT2D eigenvalue weighted by molar-refractivity contribution is 5.95. The average molecular weight is 403 g/mol. The van der Waals surface area contributed by atoms with Gasteiger partial charge in [0.2, 0.25) is 11.9 Å². The van der Waals surface area contributed by atoms with E-state index in [0.717, 1.165) is 27.9 Å². The molecule has 4 aromatic rings. The Balaban J connectivity index is 1.67. The van der Waals surface area contributed by atoms with Crippen LogP contribution in [-0.2, 0) is 4.79 Å². The lowest BCUT2D eigenvalue weighted by Gasteiger charge is -2.24. The van der Waals surface area contributed by atoms with E-state index in [2.05, 4.69) is 15.3 Å². The fraction of sp³-hybridized carbons (Fsp3) is 0.227. The lowest BCUT2D eigenvalue weighted by atomic mass is 9.85. The molecular weight excluding hydrogens is 382 g/mol. The summed E-state index contributed by atoms with van der Waals surface area (Å²) >= 11 is 0. The van der Waals surface area contributed by atoms with Gasteiger partial charge in [-0.1, -0.05) is 12.1 Å². The summed E-state index contributed by atoms with van der Waals surface area (Å²) in [5, 5.41) is 7.69. The molecule has 5 rings (SSSR count). The Morgan fingerprint density at radius 1 is 1.10 bits per heavy atom. The zero-order valence-corrected chi connectivity index (χ0v) is 16.9. The molecule has 2 N–H and O–H groups in total. The van der Waals surface area contributed by atoms with E-state index < -0.39 is 0 Å². The molecular formula is C22H21N5O3. The van der Waals surface area contributed by atoms with Crippen LogP contribution in [0.3, 0.4) is 0 Å². The molecule has 8 nitrogen and oxygen atoms in total. The number of methoxy groups -OCH3 is 2. The van der Waals surface area contributed by atoms with Crippen LogP contribution < -0.4 is 14.8 Å². The van der Waals surface area contributed by atoms with Crippen molar-refractivity contribution in [2.75, 3.05) is 19.5 Å². The third kappa shape index (κ3) is 2.88. The summed E-state index contributed by atoms with van der Waals surface area (Å²) in [6.07, 6.45) is 0.315. The van der Waals surface area contributed by atoms with Crippen LogP contribution in [-0.4, -0.2) is 39.9 Å². The molecule has 2 aromatic heterocycles. The van der Waals surface area contributed by atoms with Gasteiger partial charge in [0.05, 0.1) is 30.9 Å². The number of amides is 1. The van der Waals surface area contributed by atoms with E-state index in [-0.39, 0.29) is 11.8 Å². The number of ether oxygens (including phenoxy) is 2. The first-order valence-corrected chi connectivity index (χ1v) is 9.65. The minimum absolute atomic E-state index is 0.0773. The topological polar surface area (TPSA) is 94.1 Å². The highest BCUT2D eigenvalue weighted by Gasteiger charge is 2.33. The molecule has 152 valence electrons. The number of carbonyl (C=O) groups is 1. The van der Waals surface area contributed by atoms with E-state index in [9.17, 15) is 4.79 Å². The summed E-state index contributed by atoms with van der Waals surface area (Å²) in [4.78, 5) is 20.6. The number of carbonyl (C=O) groups excluding carboxylic acids is 1. The van der Waals surface area contributed by atoms with E-state index in [1.807, 2.05) is 49.4 Å². The van der Waals surface area contributed by atoms with Gasteiger partial charge in [-0.3, -0.25) is 4.79 Å². The maximum absolute atomic E-state index is 12.6. The molecule has 30 heavy (non-hydrogen) atoms. The number of hydrogen-bond acceptors (Lipinski definition) is 5. The van der Waals surface area contributed by atoms with Crippen LogP contribution in [0.25, 0.3) is 17.0 Å². The standard InChI is InChI=1S/C22H21N5O3/c1-12-20-16(13-8-14(29-2)10-15(9-13)30-3)11-19(28)25-21(20)27(26-12)22-23-17-6-4-5-7-18(17)24-22/h4-10,16H,11H2,1-3H3,(H,23,24)(H,25,28). The van der Waals surface area contributed by atoms with Crippen molar-refractivity contribution < 1.29 is 14.3 Å². The molecule has 8 heteroatoms. The Hall–Kier alpha value is -3.81. The van der Waals surface area contributed by atoms with Gasteiger partial charge in [-0.15, -0.1) is 0 Å². The molecule has 2 aromatic carbocycles. The first kappa shape index (κ1) is 18.2. The van der Waals surface area contributed by atoms with Crippen molar-refractivity contribution in [1.82, 2.24) is 19.7 Å². The van der Waals surface area contributed by atoms with Crippen LogP contribution in [0.5, 0.6) is 11.5 Å². The summed E-state index contributed by atoms with van der Waals surface area (Å²) in [6.45, 7) is 1.94. The SMILES string of the molecule is COc1cc(OC)cc(C2CC(=O)Nc3c2c(C)nn3-c2nc3ccccc3[nH]2)c1. The molecule has 1 amide bonds. The highest BCUT2D eigenvalue weighted by Crippen LogP contribution is 2.42. The number of nitrogens with one attached hydrogen (secondary N) is 2. The van der Waals surface area contributed by atoms with Crippen LogP contribution in [0.4, 0.5) is 5.82 Å². The largest absolute Gasteiger partial charge is 0.497 e. The van der Waals surface area contributed by atoms with Crippen molar-refractivity contribution >= 4 is 22.8 Å². The predicted octanol–water partition coefficient (Wildman–Crippen LogP) is 3.55. The van der Waals surface area contributed by atoms with Gasteiger partial charge >= 0.3 is 0 Å². The third-order valence-corrected chi connectivity index (χ3v) is 5.46. The summed E-state index contributed by atoms with van der Waals surface area (Å²) in [5.41, 5.74) is 4.48. The summed E-state index contributed by atoms with van der Waals surface area (Å²) in [7, 11) is 3.23. The Kier molecular flexibility index (Phi) is 4.20. The first-order chi connectivity index (χ1) is 14.6. The number of fused-ring (bicyclic) bond motifs is 2. The van der Waals surface area contributed by atoms with Crippen LogP contribution in [0.1, 0.15) is 29.2 Å². The van der Waals surface area contributed by atoms with Gasteiger partial charge in [0.1, 0.15) is 17.3 Å². The number of aromatic nitrogens is 4. The molecule has 0 fully saturated rings. The fourth-order valence-corrected chi connectivity index (χ4v) is 4.06. The lowest BCUT2D eigenvalue weighted by molar-refractivity contribution is -0.116. The van der Waals surface area contributed by atoms with Crippen molar-refractivity contribution in [1.29, 1.82) is 0 Å². The quantitative estimate of drug-likeness (QED) is 0.543. The summed E-state index contributed by atoms with van der Waals surface area (Å²) in [5.74, 6) is 2.31. The maximum atomic E-state index is 12.6. The van der Waals surface area contributed by atoms with Crippen molar-refractivity contribution in [3.8, 4) is 17.4 Å². The maximum Gasteiger partial charge on any atom is 0.231 e. The minimum atomic E-state index is -0.170. The van der Waals surface area contributed by atoms with Crippen LogP contribution in [0.15, 0.2) is 42.5 Å². The minimum Gasteiger partial charge on any atom is -0.497 e. The molecule has 1 aliphatic rings. The number of H-pyrrole nitrogens is 1. The van der Waals surface area contributed by atoms with Gasteiger partial charge in [0, 0.05) is 24.0 Å². The normalized spacial score (nSPS) is 15.7. The molecule has 3 heterocycles. The molecule has 0 aliphatic carbocycles. The number of aromatic amines is 1. The molecule has 1 unspecified atom stereocenters. The lowest BCUT2D eigenvalue weighted by Crippen LogP contribution is -2.25. The van der Waals surface area contributed by atoms with E-state index in [0.29, 0.717) is 29.7 Å². The average Bonchev–Trinajstić information content (AvgIpc) is 3.33. The van der Waals surface area contributed by atoms with E-state index >= 15 is 0 Å². The zero-order valence-electron chi connectivity index (χ0n) is 16.9. The number of aryl methyl sites for hydroxylation is 1. The van der Waals surface area contributed by atoms with Gasteiger partial charge < -0.3 is 19.8 Å². The van der Waals surface area contributed by atoms with Gasteiger partial charge in [0.15, 0.2) is 0 Å². The molecule has 1 aliphatic heterocycles. The van der Waals surface area contributed by atoms with Crippen molar-refractivity contribution in [3.05, 3.63) is 59.3 Å². The second-order valence-corrected chi connectivity index (χ2v) is 7.29. The number of imidazole rings is 1. The highest BCUT2D eigenvalue weighted by atomic mass is 16.5. The summed E-state index contributed by atoms with van der Waals surface area (Å²) in [6, 6.07) is 13.5. The monoisotopic (exact) mass is 403 g/mol. The van der Waals surface area contributed by atoms with Crippen molar-refractivity contribution in [3.63, 3.8) is 0 Å². The number of nitrogens with zero attached hydrogens (tertiary/aromatic N) is 3. The van der Waals surface area contributed by atoms with Gasteiger partial charge in [-0.2, -0.15) is 9.78 Å². The zero-order chi connectivity index (χ0) is 20.8. The van der Waals surface area contributed by atoms with E-state index in [1.54, 1.807) is 18.9 Å². The van der Waals surface area contributed by atoms with Crippen molar-refractivity contribution in [2.45, 2.75) is 19.3 Å². The second kappa shape index (κ2) is 6.91. The van der Waals surface area contributed by atoms with Crippen molar-refractivity contribution in [2.24, 2.45) is 0 Å². The molecule has 0 bridgehead atoms. The summed E-state index contributed by atoms with van der Waals surface area (Å²) < 4.78 is 12.5.